The van der Waals surface area contributed by atoms with Crippen LogP contribution in [0.15, 0.2) is 36.4 Å². The summed E-state index contributed by atoms with van der Waals surface area (Å²) in [6.45, 7) is 2.69. The highest BCUT2D eigenvalue weighted by molar-refractivity contribution is 6.42. The molecule has 6 rings (SSSR count). The minimum absolute atomic E-state index is 0.0349. The molecule has 180 valence electrons. The molecule has 8 heteroatoms. The molecule has 1 saturated carbocycles. The quantitative estimate of drug-likeness (QED) is 0.520. The summed E-state index contributed by atoms with van der Waals surface area (Å²) in [6, 6.07) is 11.4. The number of imide groups is 1. The summed E-state index contributed by atoms with van der Waals surface area (Å²) in [7, 11) is 0. The van der Waals surface area contributed by atoms with Gasteiger partial charge in [0.15, 0.2) is 6.54 Å². The van der Waals surface area contributed by atoms with Crippen LogP contribution in [0.1, 0.15) is 65.1 Å². The van der Waals surface area contributed by atoms with Gasteiger partial charge in [-0.3, -0.25) is 19.8 Å². The fourth-order valence-electron chi connectivity index (χ4n) is 6.11. The molecule has 3 amide bonds. The van der Waals surface area contributed by atoms with Gasteiger partial charge in [0, 0.05) is 31.0 Å². The van der Waals surface area contributed by atoms with Crippen LogP contribution in [0.4, 0.5) is 4.39 Å². The second kappa shape index (κ2) is 8.35. The van der Waals surface area contributed by atoms with E-state index in [9.17, 15) is 14.4 Å². The monoisotopic (exact) mass is 494 g/mol. The number of hydrogen-bond acceptors (Lipinski definition) is 4. The highest BCUT2D eigenvalue weighted by Crippen LogP contribution is 2.60. The fraction of sp³-hybridized carbons (Fsp3) is 0.407. The van der Waals surface area contributed by atoms with Crippen molar-refractivity contribution in [3.63, 3.8) is 0 Å². The molecule has 1 unspecified atom stereocenters. The topological polar surface area (TPSA) is 69.5 Å². The zero-order valence-corrected chi connectivity index (χ0v) is 20.0. The average Bonchev–Trinajstić information content (AvgIpc) is 3.51. The molecule has 6 nitrogen and oxygen atoms in total. The Balaban J connectivity index is 1.24. The molecule has 2 saturated heterocycles. The van der Waals surface area contributed by atoms with Gasteiger partial charge in [0.2, 0.25) is 5.91 Å². The predicted molar refractivity (Wildman–Crippen MR) is 128 cm³/mol. The Morgan fingerprint density at radius 1 is 1.09 bits per heavy atom. The van der Waals surface area contributed by atoms with Crippen molar-refractivity contribution in [2.75, 3.05) is 13.1 Å². The Bertz CT molecular complexity index is 1300. The molecule has 1 N–H and O–H groups in total. The van der Waals surface area contributed by atoms with Crippen LogP contribution in [0.3, 0.4) is 0 Å². The molecule has 1 aliphatic carbocycles. The molecule has 4 aliphatic rings. The van der Waals surface area contributed by atoms with Gasteiger partial charge in [0.25, 0.3) is 5.71 Å². The second-order valence-electron chi connectivity index (χ2n) is 10.3. The van der Waals surface area contributed by atoms with Gasteiger partial charge in [0.05, 0.1) is 5.56 Å². The van der Waals surface area contributed by atoms with Gasteiger partial charge in [-0.25, -0.2) is 9.18 Å². The highest BCUT2D eigenvalue weighted by atomic mass is 35.5. The highest BCUT2D eigenvalue weighted by Gasteiger charge is 2.54. The van der Waals surface area contributed by atoms with Gasteiger partial charge in [-0.05, 0) is 66.5 Å². The van der Waals surface area contributed by atoms with Crippen LogP contribution in [0.2, 0.25) is 5.02 Å². The number of carbonyl (C=O) groups is 3. The van der Waals surface area contributed by atoms with E-state index in [1.807, 2.05) is 12.1 Å². The Morgan fingerprint density at radius 2 is 1.86 bits per heavy atom. The Morgan fingerprint density at radius 3 is 2.57 bits per heavy atom. The number of carbonyl (C=O) groups excluding carboxylic acids is 3. The van der Waals surface area contributed by atoms with Crippen LogP contribution in [0, 0.1) is 11.2 Å². The van der Waals surface area contributed by atoms with Crippen molar-refractivity contribution in [1.82, 2.24) is 10.2 Å². The summed E-state index contributed by atoms with van der Waals surface area (Å²) < 4.78 is 17.2. The van der Waals surface area contributed by atoms with Crippen molar-refractivity contribution in [2.24, 2.45) is 5.41 Å². The molecule has 1 atom stereocenters. The third kappa shape index (κ3) is 3.91. The summed E-state index contributed by atoms with van der Waals surface area (Å²) >= 11 is 6.02. The molecule has 1 spiro atoms. The molecular formula is C27H26ClFN3O3+. The molecule has 35 heavy (non-hydrogen) atoms. The number of nitrogens with one attached hydrogen (secondary N) is 1. The van der Waals surface area contributed by atoms with Crippen molar-refractivity contribution < 1.29 is 23.3 Å². The van der Waals surface area contributed by atoms with Crippen LogP contribution in [-0.4, -0.2) is 46.0 Å². The Labute approximate surface area is 207 Å². The third-order valence-electron chi connectivity index (χ3n) is 8.09. The van der Waals surface area contributed by atoms with E-state index < -0.39 is 5.91 Å². The van der Waals surface area contributed by atoms with Gasteiger partial charge < -0.3 is 0 Å². The smallest absolute Gasteiger partial charge is 0.298 e. The van der Waals surface area contributed by atoms with Gasteiger partial charge in [-0.15, -0.1) is 0 Å². The SMILES string of the molecule is O=C1CCC(=[N+]2Cc3c(ccc(C4CCN(Cc5ccc(Cl)cc5)CC45CC5)c3F)C2=O)C(=O)N1. The van der Waals surface area contributed by atoms with E-state index in [1.54, 1.807) is 12.1 Å². The number of nitrogens with zero attached hydrogens (tertiary/aromatic N) is 2. The summed E-state index contributed by atoms with van der Waals surface area (Å²) in [6.07, 6.45) is 3.34. The molecule has 2 aromatic carbocycles. The maximum atomic E-state index is 15.9. The Hall–Kier alpha value is -2.90. The number of halogens is 2. The predicted octanol–water partition coefficient (Wildman–Crippen LogP) is 3.79. The number of piperidine rings is 2. The lowest BCUT2D eigenvalue weighted by molar-refractivity contribution is -0.438. The first kappa shape index (κ1) is 22.6. The Kier molecular flexibility index (Phi) is 5.38. The minimum atomic E-state index is -0.562. The number of fused-ring (bicyclic) bond motifs is 1. The molecule has 3 heterocycles. The fourth-order valence-corrected chi connectivity index (χ4v) is 6.23. The summed E-state index contributed by atoms with van der Waals surface area (Å²) in [5.74, 6) is -1.49. The normalized spacial score (nSPS) is 25.7. The van der Waals surface area contributed by atoms with Crippen LogP contribution in [-0.2, 0) is 22.7 Å². The van der Waals surface area contributed by atoms with E-state index in [0.717, 1.165) is 43.9 Å². The molecular weight excluding hydrogens is 469 g/mol. The van der Waals surface area contributed by atoms with Gasteiger partial charge in [-0.2, -0.15) is 4.58 Å². The van der Waals surface area contributed by atoms with Crippen LogP contribution >= 0.6 is 11.6 Å². The lowest BCUT2D eigenvalue weighted by Gasteiger charge is -2.39. The van der Waals surface area contributed by atoms with E-state index in [2.05, 4.69) is 22.3 Å². The van der Waals surface area contributed by atoms with E-state index in [0.29, 0.717) is 16.7 Å². The first-order valence-electron chi connectivity index (χ1n) is 12.1. The van der Waals surface area contributed by atoms with Gasteiger partial charge in [-0.1, -0.05) is 29.8 Å². The number of benzene rings is 2. The van der Waals surface area contributed by atoms with E-state index in [1.165, 1.54) is 10.1 Å². The molecule has 3 aliphatic heterocycles. The maximum Gasteiger partial charge on any atom is 0.420 e. The first-order chi connectivity index (χ1) is 16.8. The summed E-state index contributed by atoms with van der Waals surface area (Å²) in [5.41, 5.74) is 2.89. The molecule has 0 radical (unpaired) electrons. The number of amides is 3. The van der Waals surface area contributed by atoms with E-state index in [4.69, 9.17) is 11.6 Å². The van der Waals surface area contributed by atoms with Crippen molar-refractivity contribution in [3.05, 3.63) is 69.5 Å². The standard InChI is InChI=1S/C27H25ClFN3O3/c28-17-3-1-16(2-4-17)13-31-12-9-21(27(15-31)10-11-27)19-6-5-18-20(24(19)29)14-32(26(18)35)22-7-8-23(33)30-25(22)34/h1-6,21H,7-15H2/p+1. The van der Waals surface area contributed by atoms with Crippen molar-refractivity contribution in [3.8, 4) is 0 Å². The number of likely N-dealkylation sites (tertiary alicyclic amines) is 1. The first-order valence-corrected chi connectivity index (χ1v) is 12.5. The second-order valence-corrected chi connectivity index (χ2v) is 10.7. The molecule has 2 aromatic rings. The van der Waals surface area contributed by atoms with E-state index >= 15 is 4.39 Å². The number of rotatable bonds is 3. The minimum Gasteiger partial charge on any atom is -0.298 e. The molecule has 0 bridgehead atoms. The van der Waals surface area contributed by atoms with Crippen LogP contribution in [0.5, 0.6) is 0 Å². The third-order valence-corrected chi connectivity index (χ3v) is 8.35. The van der Waals surface area contributed by atoms with Crippen molar-refractivity contribution in [2.45, 2.75) is 51.1 Å². The maximum absolute atomic E-state index is 15.9. The largest absolute Gasteiger partial charge is 0.420 e. The summed E-state index contributed by atoms with van der Waals surface area (Å²) in [5, 5.41) is 2.99. The van der Waals surface area contributed by atoms with Crippen LogP contribution in [0.25, 0.3) is 0 Å². The zero-order chi connectivity index (χ0) is 24.3. The summed E-state index contributed by atoms with van der Waals surface area (Å²) in [4.78, 5) is 39.2. The molecule has 0 aromatic heterocycles. The lowest BCUT2D eigenvalue weighted by Crippen LogP contribution is -2.45. The van der Waals surface area contributed by atoms with Crippen LogP contribution < -0.4 is 5.32 Å². The van der Waals surface area contributed by atoms with Gasteiger partial charge in [0.1, 0.15) is 11.4 Å². The zero-order valence-electron chi connectivity index (χ0n) is 19.3. The molecule has 3 fully saturated rings. The average molecular weight is 495 g/mol. The van der Waals surface area contributed by atoms with Gasteiger partial charge >= 0.3 is 11.8 Å². The van der Waals surface area contributed by atoms with Crippen molar-refractivity contribution >= 4 is 35.0 Å². The number of hydrogen-bond donors (Lipinski definition) is 1. The van der Waals surface area contributed by atoms with Crippen molar-refractivity contribution in [1.29, 1.82) is 0 Å². The lowest BCUT2D eigenvalue weighted by atomic mass is 9.76. The van der Waals surface area contributed by atoms with E-state index in [-0.39, 0.29) is 54.1 Å².